The lowest BCUT2D eigenvalue weighted by Crippen LogP contribution is -2.13. The summed E-state index contributed by atoms with van der Waals surface area (Å²) in [6.45, 7) is 0.734. The average Bonchev–Trinajstić information content (AvgIpc) is 2.85. The first kappa shape index (κ1) is 24.1. The van der Waals surface area contributed by atoms with E-state index in [1.165, 1.54) is 7.11 Å². The molecule has 0 saturated carbocycles. The van der Waals surface area contributed by atoms with Crippen LogP contribution in [0, 0.1) is 0 Å². The van der Waals surface area contributed by atoms with Crippen LogP contribution in [0.4, 0.5) is 5.95 Å². The predicted octanol–water partition coefficient (Wildman–Crippen LogP) is 3.79. The summed E-state index contributed by atoms with van der Waals surface area (Å²) in [4.78, 5) is 8.33. The van der Waals surface area contributed by atoms with Crippen LogP contribution in [0.1, 0.15) is 23.7 Å². The number of aromatic nitrogens is 2. The van der Waals surface area contributed by atoms with Gasteiger partial charge in [-0.1, -0.05) is 42.5 Å². The molecule has 0 spiro atoms. The highest BCUT2D eigenvalue weighted by atomic mass is 16.7. The molecule has 1 aromatic heterocycles. The minimum Gasteiger partial charge on any atom is -0.497 e. The Bertz CT molecular complexity index is 985. The summed E-state index contributed by atoms with van der Waals surface area (Å²) in [6, 6.07) is 17.4. The van der Waals surface area contributed by atoms with Crippen molar-refractivity contribution in [2.75, 3.05) is 40.5 Å². The normalized spacial score (nSPS) is 11.6. The Morgan fingerprint density at radius 1 is 0.848 bits per heavy atom. The summed E-state index contributed by atoms with van der Waals surface area (Å²) in [5, 5.41) is 0. The van der Waals surface area contributed by atoms with Crippen molar-refractivity contribution in [2.24, 2.45) is 0 Å². The molecule has 0 aliphatic rings. The van der Waals surface area contributed by atoms with Crippen LogP contribution in [0.2, 0.25) is 0 Å². The molecular formula is C24H29N3O6. The fraction of sp³-hybridized carbons (Fsp3) is 0.333. The number of hydrogen-bond acceptors (Lipinski definition) is 9. The van der Waals surface area contributed by atoms with E-state index < -0.39 is 0 Å². The molecule has 2 N–H and O–H groups in total. The topological polar surface area (TPSA) is 107 Å². The van der Waals surface area contributed by atoms with E-state index in [9.17, 15) is 0 Å². The van der Waals surface area contributed by atoms with Gasteiger partial charge in [0.1, 0.15) is 19.1 Å². The Morgan fingerprint density at radius 3 is 2.18 bits per heavy atom. The van der Waals surface area contributed by atoms with Crippen molar-refractivity contribution >= 4 is 5.95 Å². The number of nitrogens with two attached hydrogens (primary N) is 1. The quantitative estimate of drug-likeness (QED) is 0.385. The van der Waals surface area contributed by atoms with Crippen LogP contribution >= 0.6 is 0 Å². The zero-order chi connectivity index (χ0) is 23.5. The van der Waals surface area contributed by atoms with Gasteiger partial charge in [-0.05, 0) is 23.3 Å². The molecule has 9 nitrogen and oxygen atoms in total. The molecule has 0 saturated heterocycles. The van der Waals surface area contributed by atoms with Gasteiger partial charge in [0.25, 0.3) is 11.8 Å². The zero-order valence-electron chi connectivity index (χ0n) is 19.0. The van der Waals surface area contributed by atoms with Gasteiger partial charge in [-0.15, -0.1) is 0 Å². The second-order valence-electron chi connectivity index (χ2n) is 6.97. The lowest BCUT2D eigenvalue weighted by molar-refractivity contribution is -0.0787. The first-order valence-corrected chi connectivity index (χ1v) is 10.4. The zero-order valence-corrected chi connectivity index (χ0v) is 19.0. The first-order chi connectivity index (χ1) is 16.1. The number of rotatable bonds is 13. The Hall–Kier alpha value is -3.56. The maximum absolute atomic E-state index is 5.89. The minimum absolute atomic E-state index is 0.0192. The van der Waals surface area contributed by atoms with Crippen molar-refractivity contribution in [3.63, 3.8) is 0 Å². The van der Waals surface area contributed by atoms with Gasteiger partial charge in [0, 0.05) is 13.5 Å². The van der Waals surface area contributed by atoms with E-state index in [2.05, 4.69) is 9.97 Å². The number of nitrogens with zero attached hydrogens (tertiary/aromatic N) is 2. The summed E-state index contributed by atoms with van der Waals surface area (Å²) >= 11 is 0. The molecule has 3 aromatic rings. The van der Waals surface area contributed by atoms with E-state index >= 15 is 0 Å². The Kier molecular flexibility index (Phi) is 9.10. The average molecular weight is 456 g/mol. The Morgan fingerprint density at radius 2 is 1.55 bits per heavy atom. The summed E-state index contributed by atoms with van der Waals surface area (Å²) < 4.78 is 33.2. The standard InChI is InChI=1S/C24H29N3O6/c1-28-16-33-20(18-7-5-4-6-8-18)13-14-31-22-21(30-3)23(27-24(25)26-22)32-15-17-9-11-19(29-2)12-10-17/h4-12,20H,13-16H2,1-3H3,(H2,25,26,27). The molecule has 0 fully saturated rings. The maximum Gasteiger partial charge on any atom is 0.266 e. The minimum atomic E-state index is -0.206. The molecule has 9 heteroatoms. The number of hydrogen-bond donors (Lipinski definition) is 1. The van der Waals surface area contributed by atoms with Crippen molar-refractivity contribution in [3.05, 3.63) is 65.7 Å². The molecule has 2 aromatic carbocycles. The van der Waals surface area contributed by atoms with Crippen molar-refractivity contribution in [3.8, 4) is 23.3 Å². The van der Waals surface area contributed by atoms with Crippen LogP contribution < -0.4 is 24.7 Å². The van der Waals surface area contributed by atoms with Crippen LogP contribution in [-0.2, 0) is 16.1 Å². The SMILES string of the molecule is COCOC(CCOc1nc(N)nc(OCc2ccc(OC)cc2)c1OC)c1ccccc1. The molecule has 0 aliphatic heterocycles. The van der Waals surface area contributed by atoms with E-state index in [1.54, 1.807) is 14.2 Å². The number of nitrogen functional groups attached to an aromatic ring is 1. The van der Waals surface area contributed by atoms with Gasteiger partial charge in [-0.25, -0.2) is 0 Å². The van der Waals surface area contributed by atoms with E-state index in [4.69, 9.17) is 34.2 Å². The van der Waals surface area contributed by atoms with E-state index in [0.717, 1.165) is 16.9 Å². The molecular weight excluding hydrogens is 426 g/mol. The third-order valence-electron chi connectivity index (χ3n) is 4.74. The van der Waals surface area contributed by atoms with Crippen LogP contribution in [0.3, 0.4) is 0 Å². The number of anilines is 1. The molecule has 0 amide bonds. The van der Waals surface area contributed by atoms with Crippen LogP contribution in [0.25, 0.3) is 0 Å². The van der Waals surface area contributed by atoms with Crippen LogP contribution in [-0.4, -0.2) is 44.7 Å². The van der Waals surface area contributed by atoms with Gasteiger partial charge in [-0.2, -0.15) is 9.97 Å². The molecule has 176 valence electrons. The van der Waals surface area contributed by atoms with E-state index in [-0.39, 0.29) is 43.0 Å². The molecule has 0 radical (unpaired) electrons. The summed E-state index contributed by atoms with van der Waals surface area (Å²) in [5.41, 5.74) is 7.84. The molecule has 1 unspecified atom stereocenters. The van der Waals surface area contributed by atoms with Gasteiger partial charge in [0.15, 0.2) is 0 Å². The molecule has 1 atom stereocenters. The van der Waals surface area contributed by atoms with Crippen molar-refractivity contribution in [1.82, 2.24) is 9.97 Å². The number of benzene rings is 2. The summed E-state index contributed by atoms with van der Waals surface area (Å²) in [6.07, 6.45) is 0.352. The van der Waals surface area contributed by atoms with Gasteiger partial charge in [-0.3, -0.25) is 0 Å². The fourth-order valence-electron chi connectivity index (χ4n) is 3.10. The van der Waals surface area contributed by atoms with Gasteiger partial charge in [0.05, 0.1) is 26.9 Å². The van der Waals surface area contributed by atoms with Gasteiger partial charge < -0.3 is 34.2 Å². The largest absolute Gasteiger partial charge is 0.497 e. The molecule has 1 heterocycles. The third kappa shape index (κ3) is 6.96. The smallest absolute Gasteiger partial charge is 0.266 e. The summed E-state index contributed by atoms with van der Waals surface area (Å²) in [7, 11) is 4.70. The van der Waals surface area contributed by atoms with Crippen molar-refractivity contribution in [2.45, 2.75) is 19.1 Å². The van der Waals surface area contributed by atoms with Gasteiger partial charge in [0.2, 0.25) is 11.7 Å². The first-order valence-electron chi connectivity index (χ1n) is 10.4. The highest BCUT2D eigenvalue weighted by Crippen LogP contribution is 2.35. The highest BCUT2D eigenvalue weighted by Gasteiger charge is 2.19. The molecule has 0 aliphatic carbocycles. The van der Waals surface area contributed by atoms with Crippen LogP contribution in [0.5, 0.6) is 23.3 Å². The van der Waals surface area contributed by atoms with E-state index in [1.807, 2.05) is 54.6 Å². The summed E-state index contributed by atoms with van der Waals surface area (Å²) in [5.74, 6) is 1.46. The second-order valence-corrected chi connectivity index (χ2v) is 6.97. The fourth-order valence-corrected chi connectivity index (χ4v) is 3.10. The second kappa shape index (κ2) is 12.5. The predicted molar refractivity (Wildman–Crippen MR) is 123 cm³/mol. The molecule has 33 heavy (non-hydrogen) atoms. The van der Waals surface area contributed by atoms with Crippen molar-refractivity contribution in [1.29, 1.82) is 0 Å². The number of ether oxygens (including phenoxy) is 6. The molecule has 3 rings (SSSR count). The monoisotopic (exact) mass is 455 g/mol. The lowest BCUT2D eigenvalue weighted by Gasteiger charge is -2.19. The van der Waals surface area contributed by atoms with Gasteiger partial charge >= 0.3 is 0 Å². The highest BCUT2D eigenvalue weighted by molar-refractivity contribution is 5.46. The lowest BCUT2D eigenvalue weighted by atomic mass is 10.1. The maximum atomic E-state index is 5.89. The third-order valence-corrected chi connectivity index (χ3v) is 4.74. The Labute approximate surface area is 193 Å². The molecule has 0 bridgehead atoms. The van der Waals surface area contributed by atoms with E-state index in [0.29, 0.717) is 13.0 Å². The van der Waals surface area contributed by atoms with Crippen LogP contribution in [0.15, 0.2) is 54.6 Å². The Balaban J connectivity index is 1.67. The van der Waals surface area contributed by atoms with Crippen molar-refractivity contribution < 1.29 is 28.4 Å². The number of methoxy groups -OCH3 is 3.